The molecule has 1 aliphatic heterocycles. The fraction of sp³-hybridized carbons (Fsp3) is 0.914. The Morgan fingerprint density at radius 1 is 1.00 bits per heavy atom. The van der Waals surface area contributed by atoms with Gasteiger partial charge in [0.1, 0.15) is 6.10 Å². The van der Waals surface area contributed by atoms with Crippen molar-refractivity contribution in [2.75, 3.05) is 19.6 Å². The zero-order valence-corrected chi connectivity index (χ0v) is 25.6. The van der Waals surface area contributed by atoms with E-state index in [0.29, 0.717) is 17.3 Å². The van der Waals surface area contributed by atoms with Crippen LogP contribution in [0.3, 0.4) is 0 Å². The molecular weight excluding hydrogens is 466 g/mol. The van der Waals surface area contributed by atoms with Crippen molar-refractivity contribution in [1.82, 2.24) is 4.90 Å². The molecule has 5 aliphatic rings. The van der Waals surface area contributed by atoms with Gasteiger partial charge in [0.25, 0.3) is 0 Å². The molecule has 0 N–H and O–H groups in total. The van der Waals surface area contributed by atoms with E-state index >= 15 is 0 Å². The monoisotopic (exact) mass is 525 g/mol. The molecule has 38 heavy (non-hydrogen) atoms. The van der Waals surface area contributed by atoms with Gasteiger partial charge in [0.05, 0.1) is 6.42 Å². The number of hydrogen-bond acceptors (Lipinski definition) is 3. The predicted octanol–water partition coefficient (Wildman–Crippen LogP) is 8.82. The molecule has 4 fully saturated rings. The highest BCUT2D eigenvalue weighted by Crippen LogP contribution is 2.67. The summed E-state index contributed by atoms with van der Waals surface area (Å²) in [6.07, 6.45) is 21.8. The van der Waals surface area contributed by atoms with Crippen LogP contribution in [0.25, 0.3) is 0 Å². The average Bonchev–Trinajstić information content (AvgIpc) is 3.25. The molecule has 3 heteroatoms. The number of carbonyl (C=O) groups is 1. The summed E-state index contributed by atoms with van der Waals surface area (Å²) in [6, 6.07) is 0. The lowest BCUT2D eigenvalue weighted by atomic mass is 9.47. The molecule has 1 saturated heterocycles. The lowest BCUT2D eigenvalue weighted by molar-refractivity contribution is -0.152. The van der Waals surface area contributed by atoms with Crippen LogP contribution in [-0.2, 0) is 9.53 Å². The van der Waals surface area contributed by atoms with Gasteiger partial charge in [-0.25, -0.2) is 0 Å². The molecule has 0 amide bonds. The fourth-order valence-corrected chi connectivity index (χ4v) is 10.4. The summed E-state index contributed by atoms with van der Waals surface area (Å²) in [6.45, 7) is 15.8. The van der Waals surface area contributed by atoms with Crippen LogP contribution in [0.2, 0.25) is 0 Å². The van der Waals surface area contributed by atoms with Gasteiger partial charge in [-0.15, -0.1) is 0 Å². The molecule has 216 valence electrons. The van der Waals surface area contributed by atoms with Crippen LogP contribution in [0.1, 0.15) is 131 Å². The number of esters is 1. The third kappa shape index (κ3) is 5.80. The van der Waals surface area contributed by atoms with Crippen molar-refractivity contribution in [3.63, 3.8) is 0 Å². The molecule has 1 heterocycles. The van der Waals surface area contributed by atoms with E-state index in [2.05, 4.69) is 45.6 Å². The van der Waals surface area contributed by atoms with Gasteiger partial charge in [0, 0.05) is 13.0 Å². The number of likely N-dealkylation sites (tertiary alicyclic amines) is 1. The van der Waals surface area contributed by atoms with Crippen molar-refractivity contribution in [1.29, 1.82) is 0 Å². The molecule has 0 bridgehead atoms. The molecule has 8 atom stereocenters. The number of hydrogen-bond donors (Lipinski definition) is 0. The number of rotatable bonds is 9. The van der Waals surface area contributed by atoms with Gasteiger partial charge in [0.15, 0.2) is 0 Å². The number of carbonyl (C=O) groups excluding carboxylic acids is 1. The van der Waals surface area contributed by atoms with Crippen LogP contribution in [0.4, 0.5) is 0 Å². The summed E-state index contributed by atoms with van der Waals surface area (Å²) < 4.78 is 6.08. The van der Waals surface area contributed by atoms with E-state index in [1.165, 1.54) is 77.0 Å². The van der Waals surface area contributed by atoms with Gasteiger partial charge < -0.3 is 9.64 Å². The molecule has 0 aromatic carbocycles. The molecule has 3 nitrogen and oxygen atoms in total. The fourth-order valence-electron chi connectivity index (χ4n) is 10.4. The van der Waals surface area contributed by atoms with E-state index in [-0.39, 0.29) is 12.1 Å². The van der Waals surface area contributed by atoms with Crippen molar-refractivity contribution < 1.29 is 9.53 Å². The van der Waals surface area contributed by atoms with E-state index in [1.807, 2.05) is 0 Å². The highest BCUT2D eigenvalue weighted by molar-refractivity contribution is 5.69. The lowest BCUT2D eigenvalue weighted by Gasteiger charge is -2.58. The lowest BCUT2D eigenvalue weighted by Crippen LogP contribution is -2.51. The Morgan fingerprint density at radius 3 is 2.55 bits per heavy atom. The molecule has 0 radical (unpaired) electrons. The van der Waals surface area contributed by atoms with Gasteiger partial charge in [-0.05, 0) is 117 Å². The Bertz CT molecular complexity index is 843. The molecule has 3 saturated carbocycles. The van der Waals surface area contributed by atoms with Crippen LogP contribution >= 0.6 is 0 Å². The maximum absolute atomic E-state index is 12.7. The average molecular weight is 526 g/mol. The standard InChI is InChI=1S/C35H59NO2/c1-25(2)10-9-11-26(3)30-14-15-31-29-13-12-27-24-28(38-33(37)18-23-36-21-7-6-8-22-36)16-19-34(27,4)32(29)17-20-35(30,31)5/h12,25-26,28-32H,6-11,13-24H2,1-5H3/t26-,28+,29-,30-,31+,32-,34+,35-/m1/s1. The van der Waals surface area contributed by atoms with Gasteiger partial charge >= 0.3 is 5.97 Å². The van der Waals surface area contributed by atoms with E-state index in [9.17, 15) is 4.79 Å². The number of piperidine rings is 1. The van der Waals surface area contributed by atoms with Crippen LogP contribution < -0.4 is 0 Å². The molecule has 0 aromatic heterocycles. The van der Waals surface area contributed by atoms with Gasteiger partial charge in [0.2, 0.25) is 0 Å². The van der Waals surface area contributed by atoms with Gasteiger partial charge in [-0.1, -0.05) is 72.0 Å². The normalized spacial score (nSPS) is 40.2. The van der Waals surface area contributed by atoms with Crippen molar-refractivity contribution in [2.24, 2.45) is 46.3 Å². The smallest absolute Gasteiger partial charge is 0.307 e. The van der Waals surface area contributed by atoms with Gasteiger partial charge in [-0.3, -0.25) is 4.79 Å². The van der Waals surface area contributed by atoms with E-state index < -0.39 is 0 Å². The number of allylic oxidation sites excluding steroid dienone is 1. The summed E-state index contributed by atoms with van der Waals surface area (Å²) in [4.78, 5) is 15.1. The summed E-state index contributed by atoms with van der Waals surface area (Å²) in [5.74, 6) is 5.31. The van der Waals surface area contributed by atoms with Crippen molar-refractivity contribution in [2.45, 2.75) is 137 Å². The highest BCUT2D eigenvalue weighted by atomic mass is 16.5. The minimum absolute atomic E-state index is 0.0337. The quantitative estimate of drug-likeness (QED) is 0.222. The van der Waals surface area contributed by atoms with Gasteiger partial charge in [-0.2, -0.15) is 0 Å². The molecule has 4 aliphatic carbocycles. The SMILES string of the molecule is CC(C)CCC[C@@H](C)[C@H]1CC[C@H]2[C@H]3CC=C4C[C@@H](OC(=O)CCN5CCCCC5)CC[C@]4(C)[C@@H]3CC[C@]12C. The topological polar surface area (TPSA) is 29.5 Å². The minimum atomic E-state index is 0.0337. The predicted molar refractivity (Wildman–Crippen MR) is 158 cm³/mol. The Morgan fingerprint density at radius 2 is 1.79 bits per heavy atom. The number of ether oxygens (including phenoxy) is 1. The van der Waals surface area contributed by atoms with Crippen LogP contribution in [0.15, 0.2) is 11.6 Å². The Labute approximate surface area is 234 Å². The third-order valence-electron chi connectivity index (χ3n) is 12.6. The van der Waals surface area contributed by atoms with Crippen LogP contribution in [0.5, 0.6) is 0 Å². The molecule has 5 rings (SSSR count). The van der Waals surface area contributed by atoms with E-state index in [1.54, 1.807) is 5.57 Å². The third-order valence-corrected chi connectivity index (χ3v) is 12.6. The second kappa shape index (κ2) is 12.0. The maximum atomic E-state index is 12.7. The Balaban J connectivity index is 1.17. The van der Waals surface area contributed by atoms with Crippen molar-refractivity contribution >= 4 is 5.97 Å². The zero-order valence-electron chi connectivity index (χ0n) is 25.6. The Hall–Kier alpha value is -0.830. The summed E-state index contributed by atoms with van der Waals surface area (Å²) >= 11 is 0. The molecule has 0 spiro atoms. The number of nitrogens with zero attached hydrogens (tertiary/aromatic N) is 1. The highest BCUT2D eigenvalue weighted by Gasteiger charge is 2.59. The number of fused-ring (bicyclic) bond motifs is 5. The van der Waals surface area contributed by atoms with Crippen LogP contribution in [0, 0.1) is 46.3 Å². The van der Waals surface area contributed by atoms with Crippen molar-refractivity contribution in [3.8, 4) is 0 Å². The minimum Gasteiger partial charge on any atom is -0.462 e. The first-order valence-corrected chi connectivity index (χ1v) is 16.8. The summed E-state index contributed by atoms with van der Waals surface area (Å²) in [5.41, 5.74) is 2.53. The molecule has 0 unspecified atom stereocenters. The summed E-state index contributed by atoms with van der Waals surface area (Å²) in [7, 11) is 0. The molecular formula is C35H59NO2. The zero-order chi connectivity index (χ0) is 26.9. The van der Waals surface area contributed by atoms with Crippen LogP contribution in [-0.4, -0.2) is 36.6 Å². The first kappa shape index (κ1) is 28.7. The second-order valence-corrected chi connectivity index (χ2v) is 15.3. The van der Waals surface area contributed by atoms with E-state index in [0.717, 1.165) is 68.0 Å². The van der Waals surface area contributed by atoms with E-state index in [4.69, 9.17) is 4.74 Å². The largest absolute Gasteiger partial charge is 0.462 e. The first-order chi connectivity index (χ1) is 18.2. The maximum Gasteiger partial charge on any atom is 0.307 e. The second-order valence-electron chi connectivity index (χ2n) is 15.3. The Kier molecular flexibility index (Phi) is 9.03. The molecule has 0 aromatic rings. The van der Waals surface area contributed by atoms with Crippen molar-refractivity contribution in [3.05, 3.63) is 11.6 Å². The summed E-state index contributed by atoms with van der Waals surface area (Å²) in [5, 5.41) is 0. The first-order valence-electron chi connectivity index (χ1n) is 16.8.